The zero-order valence-electron chi connectivity index (χ0n) is 20.2. The van der Waals surface area contributed by atoms with E-state index in [2.05, 4.69) is 5.32 Å². The predicted octanol–water partition coefficient (Wildman–Crippen LogP) is 3.50. The normalized spacial score (nSPS) is 12.4. The number of primary amides is 1. The highest BCUT2D eigenvalue weighted by molar-refractivity contribution is 6.10. The van der Waals surface area contributed by atoms with E-state index in [9.17, 15) is 14.4 Å². The number of hydrogen-bond acceptors (Lipinski definition) is 4. The number of hydrogen-bond donors (Lipinski definition) is 4. The van der Waals surface area contributed by atoms with Crippen molar-refractivity contribution in [2.45, 2.75) is 19.0 Å². The summed E-state index contributed by atoms with van der Waals surface area (Å²) in [5, 5.41) is 12.1. The van der Waals surface area contributed by atoms with Crippen LogP contribution in [0.15, 0.2) is 97.1 Å². The maximum atomic E-state index is 14.2. The number of fused-ring (bicyclic) bond motifs is 1. The molecule has 0 aliphatic heterocycles. The third kappa shape index (κ3) is 5.33. The van der Waals surface area contributed by atoms with E-state index < -0.39 is 29.8 Å². The third-order valence-electron chi connectivity index (χ3n) is 6.15. The van der Waals surface area contributed by atoms with E-state index in [-0.39, 0.29) is 11.4 Å². The van der Waals surface area contributed by atoms with Crippen molar-refractivity contribution in [3.63, 3.8) is 0 Å². The summed E-state index contributed by atoms with van der Waals surface area (Å²) in [6.07, 6.45) is 0. The Balaban J connectivity index is 1.80. The lowest BCUT2D eigenvalue weighted by molar-refractivity contribution is -0.125. The summed E-state index contributed by atoms with van der Waals surface area (Å²) < 4.78 is 0. The maximum absolute atomic E-state index is 14.2. The van der Waals surface area contributed by atoms with Gasteiger partial charge in [0, 0.05) is 16.5 Å². The molecule has 8 heteroatoms. The van der Waals surface area contributed by atoms with Crippen molar-refractivity contribution in [2.75, 3.05) is 4.90 Å². The average Bonchev–Trinajstić information content (AvgIpc) is 2.92. The highest BCUT2D eigenvalue weighted by Crippen LogP contribution is 2.31. The third-order valence-corrected chi connectivity index (χ3v) is 6.15. The Bertz CT molecular complexity index is 1480. The molecule has 4 aromatic rings. The Kier molecular flexibility index (Phi) is 7.29. The standard InChI is InChI=1S/C29H27N5O3/c1-18(27(32)35)34(24-16-8-12-19-9-5-6-15-23(19)24)29(37)25(20-10-3-2-4-11-20)33-28(36)22-14-7-13-21(17-22)26(30)31/h2-18,25H,1H3,(H3,30,31)(H2,32,35)(H,33,36)/t18-,25-/m1/s1. The van der Waals surface area contributed by atoms with Gasteiger partial charge in [0.1, 0.15) is 17.9 Å². The van der Waals surface area contributed by atoms with Crippen molar-refractivity contribution in [3.05, 3.63) is 114 Å². The molecule has 0 heterocycles. The van der Waals surface area contributed by atoms with Crippen molar-refractivity contribution in [1.82, 2.24) is 5.32 Å². The second-order valence-corrected chi connectivity index (χ2v) is 8.60. The Morgan fingerprint density at radius 3 is 2.14 bits per heavy atom. The summed E-state index contributed by atoms with van der Waals surface area (Å²) in [7, 11) is 0. The highest BCUT2D eigenvalue weighted by atomic mass is 16.2. The number of carbonyl (C=O) groups is 3. The molecule has 0 aliphatic carbocycles. The first-order chi connectivity index (χ1) is 17.8. The van der Waals surface area contributed by atoms with Crippen LogP contribution in [0.25, 0.3) is 10.8 Å². The lowest BCUT2D eigenvalue weighted by Crippen LogP contribution is -2.51. The van der Waals surface area contributed by atoms with Gasteiger partial charge in [0.2, 0.25) is 5.91 Å². The van der Waals surface area contributed by atoms with Gasteiger partial charge in [-0.3, -0.25) is 24.7 Å². The fourth-order valence-electron chi connectivity index (χ4n) is 4.18. The fraction of sp³-hybridized carbons (Fsp3) is 0.103. The molecular weight excluding hydrogens is 466 g/mol. The van der Waals surface area contributed by atoms with Crippen LogP contribution in [0, 0.1) is 5.41 Å². The average molecular weight is 494 g/mol. The van der Waals surface area contributed by atoms with Crippen molar-refractivity contribution in [2.24, 2.45) is 11.5 Å². The number of anilines is 1. The van der Waals surface area contributed by atoms with Crippen LogP contribution in [0.1, 0.15) is 34.5 Å². The van der Waals surface area contributed by atoms with Crippen LogP contribution in [0.2, 0.25) is 0 Å². The summed E-state index contributed by atoms with van der Waals surface area (Å²) in [6, 6.07) is 25.9. The second-order valence-electron chi connectivity index (χ2n) is 8.60. The Hall–Kier alpha value is -4.98. The number of rotatable bonds is 8. The van der Waals surface area contributed by atoms with Gasteiger partial charge < -0.3 is 16.8 Å². The molecule has 4 rings (SSSR count). The molecule has 0 aromatic heterocycles. The Labute approximate surface area is 214 Å². The van der Waals surface area contributed by atoms with Gasteiger partial charge in [-0.25, -0.2) is 0 Å². The van der Waals surface area contributed by atoms with E-state index >= 15 is 0 Å². The van der Waals surface area contributed by atoms with Crippen LogP contribution >= 0.6 is 0 Å². The molecule has 0 fully saturated rings. The fourth-order valence-corrected chi connectivity index (χ4v) is 4.18. The van der Waals surface area contributed by atoms with Crippen LogP contribution in [0.3, 0.4) is 0 Å². The largest absolute Gasteiger partial charge is 0.384 e. The summed E-state index contributed by atoms with van der Waals surface area (Å²) >= 11 is 0. The minimum atomic E-state index is -1.13. The van der Waals surface area contributed by atoms with Gasteiger partial charge in [0.25, 0.3) is 11.8 Å². The van der Waals surface area contributed by atoms with Crippen molar-refractivity contribution in [3.8, 4) is 0 Å². The summed E-state index contributed by atoms with van der Waals surface area (Å²) in [4.78, 5) is 41.2. The molecule has 0 spiro atoms. The zero-order valence-corrected chi connectivity index (χ0v) is 20.2. The lowest BCUT2D eigenvalue weighted by Gasteiger charge is -2.32. The smallest absolute Gasteiger partial charge is 0.254 e. The highest BCUT2D eigenvalue weighted by Gasteiger charge is 2.34. The van der Waals surface area contributed by atoms with Crippen molar-refractivity contribution in [1.29, 1.82) is 5.41 Å². The number of benzene rings is 4. The van der Waals surface area contributed by atoms with E-state index in [1.54, 1.807) is 67.6 Å². The molecule has 4 aromatic carbocycles. The van der Waals surface area contributed by atoms with Gasteiger partial charge in [-0.15, -0.1) is 0 Å². The number of nitrogen functional groups attached to an aromatic ring is 1. The van der Waals surface area contributed by atoms with Crippen LogP contribution in [0.4, 0.5) is 5.69 Å². The minimum absolute atomic E-state index is 0.178. The van der Waals surface area contributed by atoms with Crippen LogP contribution < -0.4 is 21.7 Å². The van der Waals surface area contributed by atoms with E-state index in [4.69, 9.17) is 16.9 Å². The molecule has 0 unspecified atom stereocenters. The zero-order chi connectivity index (χ0) is 26.5. The molecular formula is C29H27N5O3. The molecule has 186 valence electrons. The maximum Gasteiger partial charge on any atom is 0.254 e. The van der Waals surface area contributed by atoms with Gasteiger partial charge in [0.15, 0.2) is 0 Å². The van der Waals surface area contributed by atoms with Crippen LogP contribution in [-0.4, -0.2) is 29.6 Å². The Morgan fingerprint density at radius 1 is 0.811 bits per heavy atom. The van der Waals surface area contributed by atoms with Gasteiger partial charge in [0.05, 0.1) is 5.69 Å². The molecule has 2 atom stereocenters. The topological polar surface area (TPSA) is 142 Å². The minimum Gasteiger partial charge on any atom is -0.384 e. The van der Waals surface area contributed by atoms with Crippen LogP contribution in [-0.2, 0) is 9.59 Å². The molecule has 37 heavy (non-hydrogen) atoms. The molecule has 0 saturated carbocycles. The molecule has 0 radical (unpaired) electrons. The summed E-state index contributed by atoms with van der Waals surface area (Å²) in [6.45, 7) is 1.56. The number of amides is 3. The molecule has 8 nitrogen and oxygen atoms in total. The molecule has 6 N–H and O–H groups in total. The number of amidine groups is 1. The quantitative estimate of drug-likeness (QED) is 0.220. The first kappa shape index (κ1) is 25.1. The lowest BCUT2D eigenvalue weighted by atomic mass is 10.0. The first-order valence-corrected chi connectivity index (χ1v) is 11.7. The van der Waals surface area contributed by atoms with E-state index in [1.165, 1.54) is 11.0 Å². The molecule has 0 aliphatic rings. The predicted molar refractivity (Wildman–Crippen MR) is 144 cm³/mol. The van der Waals surface area contributed by atoms with E-state index in [1.807, 2.05) is 30.3 Å². The summed E-state index contributed by atoms with van der Waals surface area (Å²) in [5.41, 5.74) is 12.9. The van der Waals surface area contributed by atoms with E-state index in [0.717, 1.165) is 10.8 Å². The molecule has 0 saturated heterocycles. The second kappa shape index (κ2) is 10.7. The van der Waals surface area contributed by atoms with Gasteiger partial charge in [-0.05, 0) is 36.1 Å². The van der Waals surface area contributed by atoms with Crippen molar-refractivity contribution < 1.29 is 14.4 Å². The number of nitrogens with zero attached hydrogens (tertiary/aromatic N) is 1. The van der Waals surface area contributed by atoms with Crippen LogP contribution in [0.5, 0.6) is 0 Å². The summed E-state index contributed by atoms with van der Waals surface area (Å²) in [5.74, 6) is -1.92. The number of nitrogens with two attached hydrogens (primary N) is 2. The molecule has 3 amide bonds. The first-order valence-electron chi connectivity index (χ1n) is 11.7. The Morgan fingerprint density at radius 2 is 1.43 bits per heavy atom. The van der Waals surface area contributed by atoms with Gasteiger partial charge >= 0.3 is 0 Å². The van der Waals surface area contributed by atoms with Gasteiger partial charge in [-0.2, -0.15) is 0 Å². The van der Waals surface area contributed by atoms with Crippen molar-refractivity contribution >= 4 is 40.0 Å². The number of nitrogens with one attached hydrogen (secondary N) is 2. The van der Waals surface area contributed by atoms with E-state index in [0.29, 0.717) is 16.8 Å². The monoisotopic (exact) mass is 493 g/mol. The molecule has 0 bridgehead atoms. The number of carbonyl (C=O) groups excluding carboxylic acids is 3. The SMILES string of the molecule is C[C@H](C(N)=O)N(C(=O)[C@H](NC(=O)c1cccc(C(=N)N)c1)c1ccccc1)c1cccc2ccccc12. The van der Waals surface area contributed by atoms with Gasteiger partial charge in [-0.1, -0.05) is 78.9 Å².